The summed E-state index contributed by atoms with van der Waals surface area (Å²) in [5, 5.41) is 2.32. The molecule has 0 bridgehead atoms. The standard InChI is InChI=1S/C4H6O2S.C4H8OS/c1-3-7(5,6)4-2;1-3-5-4(2)6/h3-4H,1-2H2;3H2,1-2H3. The second-order valence-corrected chi connectivity index (χ2v) is 4.27. The van der Waals surface area contributed by atoms with E-state index in [-0.39, 0.29) is 0 Å². The van der Waals surface area contributed by atoms with E-state index in [9.17, 15) is 8.42 Å². The summed E-state index contributed by atoms with van der Waals surface area (Å²) in [5.74, 6) is 0. The van der Waals surface area contributed by atoms with Crippen LogP contribution in [0.25, 0.3) is 0 Å². The maximum absolute atomic E-state index is 10.1. The predicted molar refractivity (Wildman–Crippen MR) is 59.2 cm³/mol. The van der Waals surface area contributed by atoms with E-state index in [2.05, 4.69) is 25.4 Å². The van der Waals surface area contributed by atoms with E-state index < -0.39 is 9.84 Å². The van der Waals surface area contributed by atoms with Crippen LogP contribution in [0, 0.1) is 0 Å². The molecule has 0 heterocycles. The second kappa shape index (κ2) is 7.94. The van der Waals surface area contributed by atoms with Gasteiger partial charge in [0.15, 0.2) is 14.9 Å². The molecule has 0 aromatic rings. The van der Waals surface area contributed by atoms with Gasteiger partial charge >= 0.3 is 0 Å². The van der Waals surface area contributed by atoms with Gasteiger partial charge in [-0.25, -0.2) is 8.42 Å². The van der Waals surface area contributed by atoms with E-state index in [0.717, 1.165) is 10.8 Å². The van der Waals surface area contributed by atoms with Crippen LogP contribution < -0.4 is 0 Å². The van der Waals surface area contributed by atoms with Crippen LogP contribution in [0.5, 0.6) is 0 Å². The molecule has 13 heavy (non-hydrogen) atoms. The molecular formula is C8H14O3S2. The topological polar surface area (TPSA) is 43.4 Å². The van der Waals surface area contributed by atoms with Gasteiger partial charge < -0.3 is 4.74 Å². The summed E-state index contributed by atoms with van der Waals surface area (Å²) >= 11 is 4.57. The van der Waals surface area contributed by atoms with Gasteiger partial charge in [0.2, 0.25) is 0 Å². The first-order chi connectivity index (χ1) is 5.89. The molecule has 0 aromatic carbocycles. The maximum Gasteiger partial charge on any atom is 0.191 e. The van der Waals surface area contributed by atoms with Gasteiger partial charge in [0.1, 0.15) is 0 Å². The van der Waals surface area contributed by atoms with Crippen molar-refractivity contribution in [2.45, 2.75) is 13.8 Å². The highest BCUT2D eigenvalue weighted by Gasteiger charge is 1.90. The van der Waals surface area contributed by atoms with Crippen molar-refractivity contribution in [1.29, 1.82) is 0 Å². The molecule has 0 spiro atoms. The zero-order chi connectivity index (χ0) is 10.9. The van der Waals surface area contributed by atoms with Gasteiger partial charge in [-0.3, -0.25) is 0 Å². The van der Waals surface area contributed by atoms with Gasteiger partial charge in [0.25, 0.3) is 0 Å². The van der Waals surface area contributed by atoms with E-state index in [0.29, 0.717) is 11.7 Å². The van der Waals surface area contributed by atoms with Crippen molar-refractivity contribution in [2.75, 3.05) is 6.61 Å². The first-order valence-electron chi connectivity index (χ1n) is 3.53. The van der Waals surface area contributed by atoms with Crippen molar-refractivity contribution < 1.29 is 13.2 Å². The van der Waals surface area contributed by atoms with Gasteiger partial charge in [0.05, 0.1) is 6.61 Å². The van der Waals surface area contributed by atoms with Gasteiger partial charge in [0, 0.05) is 17.7 Å². The van der Waals surface area contributed by atoms with E-state index in [1.165, 1.54) is 0 Å². The minimum Gasteiger partial charge on any atom is -0.488 e. The monoisotopic (exact) mass is 222 g/mol. The summed E-state index contributed by atoms with van der Waals surface area (Å²) in [5.41, 5.74) is 0. The molecule has 0 radical (unpaired) electrons. The minimum atomic E-state index is -3.13. The smallest absolute Gasteiger partial charge is 0.191 e. The van der Waals surface area contributed by atoms with Gasteiger partial charge in [-0.2, -0.15) is 0 Å². The lowest BCUT2D eigenvalue weighted by Gasteiger charge is -1.93. The first kappa shape index (κ1) is 14.8. The molecule has 76 valence electrons. The summed E-state index contributed by atoms with van der Waals surface area (Å²) in [6.07, 6.45) is 0. The third-order valence-corrected chi connectivity index (χ3v) is 1.86. The van der Waals surface area contributed by atoms with Gasteiger partial charge in [-0.15, -0.1) is 0 Å². The Kier molecular flexibility index (Phi) is 9.06. The van der Waals surface area contributed by atoms with Crippen LogP contribution in [0.3, 0.4) is 0 Å². The van der Waals surface area contributed by atoms with E-state index in [1.54, 1.807) is 6.92 Å². The summed E-state index contributed by atoms with van der Waals surface area (Å²) in [7, 11) is -3.13. The third-order valence-electron chi connectivity index (χ3n) is 0.812. The van der Waals surface area contributed by atoms with Crippen molar-refractivity contribution >= 4 is 27.1 Å². The Hall–Kier alpha value is -0.680. The molecule has 0 atom stereocenters. The minimum absolute atomic E-state index is 0.623. The summed E-state index contributed by atoms with van der Waals surface area (Å²) in [4.78, 5) is 0. The molecular weight excluding hydrogens is 208 g/mol. The van der Waals surface area contributed by atoms with Crippen LogP contribution in [0.15, 0.2) is 24.0 Å². The van der Waals surface area contributed by atoms with Crippen LogP contribution in [0.1, 0.15) is 13.8 Å². The van der Waals surface area contributed by atoms with Crippen molar-refractivity contribution in [2.24, 2.45) is 0 Å². The normalized spacial score (nSPS) is 9.08. The zero-order valence-electron chi connectivity index (χ0n) is 7.82. The summed E-state index contributed by atoms with van der Waals surface area (Å²) in [6, 6.07) is 0. The van der Waals surface area contributed by atoms with Crippen LogP contribution in [0.2, 0.25) is 0 Å². The Morgan fingerprint density at radius 1 is 1.46 bits per heavy atom. The van der Waals surface area contributed by atoms with Gasteiger partial charge in [-0.1, -0.05) is 13.2 Å². The highest BCUT2D eigenvalue weighted by Crippen LogP contribution is 1.87. The molecule has 0 N–H and O–H groups in total. The summed E-state index contributed by atoms with van der Waals surface area (Å²) in [6.45, 7) is 10.5. The quantitative estimate of drug-likeness (QED) is 0.686. The van der Waals surface area contributed by atoms with Crippen molar-refractivity contribution in [3.8, 4) is 0 Å². The van der Waals surface area contributed by atoms with Crippen molar-refractivity contribution in [3.63, 3.8) is 0 Å². The van der Waals surface area contributed by atoms with Crippen LogP contribution >= 0.6 is 12.2 Å². The van der Waals surface area contributed by atoms with Crippen molar-refractivity contribution in [3.05, 3.63) is 24.0 Å². The highest BCUT2D eigenvalue weighted by molar-refractivity contribution is 7.97. The highest BCUT2D eigenvalue weighted by atomic mass is 32.2. The summed E-state index contributed by atoms with van der Waals surface area (Å²) < 4.78 is 25.0. The van der Waals surface area contributed by atoms with Gasteiger partial charge in [-0.05, 0) is 19.1 Å². The average molecular weight is 222 g/mol. The van der Waals surface area contributed by atoms with E-state index in [1.807, 2.05) is 6.92 Å². The van der Waals surface area contributed by atoms with Crippen LogP contribution in [-0.4, -0.2) is 20.1 Å². The molecule has 0 aliphatic carbocycles. The molecule has 0 saturated carbocycles. The maximum atomic E-state index is 10.1. The fourth-order valence-corrected chi connectivity index (χ4v) is 0.525. The van der Waals surface area contributed by atoms with Crippen molar-refractivity contribution in [1.82, 2.24) is 0 Å². The van der Waals surface area contributed by atoms with E-state index in [4.69, 9.17) is 4.74 Å². The SMILES string of the molecule is C=CS(=O)(=O)C=C.CCOC(C)=S. The molecule has 0 saturated heterocycles. The number of thiocarbonyl (C=S) groups is 1. The number of hydrogen-bond donors (Lipinski definition) is 0. The lowest BCUT2D eigenvalue weighted by atomic mass is 10.8. The fraction of sp³-hybridized carbons (Fsp3) is 0.375. The number of hydrogen-bond acceptors (Lipinski definition) is 4. The largest absolute Gasteiger partial charge is 0.488 e. The zero-order valence-corrected chi connectivity index (χ0v) is 9.45. The fourth-order valence-electron chi connectivity index (χ4n) is 0.271. The molecule has 0 amide bonds. The molecule has 0 fully saturated rings. The van der Waals surface area contributed by atoms with Crippen LogP contribution in [-0.2, 0) is 14.6 Å². The van der Waals surface area contributed by atoms with Crippen LogP contribution in [0.4, 0.5) is 0 Å². The third kappa shape index (κ3) is 14.2. The average Bonchev–Trinajstić information content (AvgIpc) is 2.05. The Bertz CT molecular complexity index is 251. The number of rotatable bonds is 3. The Balaban J connectivity index is 0. The molecule has 0 rings (SSSR count). The lowest BCUT2D eigenvalue weighted by Crippen LogP contribution is -1.92. The molecule has 5 heteroatoms. The molecule has 0 unspecified atom stereocenters. The lowest BCUT2D eigenvalue weighted by molar-refractivity contribution is 0.334. The number of sulfone groups is 1. The molecule has 3 nitrogen and oxygen atoms in total. The van der Waals surface area contributed by atoms with E-state index >= 15 is 0 Å². The Morgan fingerprint density at radius 2 is 1.85 bits per heavy atom. The second-order valence-electron chi connectivity index (χ2n) is 1.85. The molecule has 0 aliphatic heterocycles. The predicted octanol–water partition coefficient (Wildman–Crippen LogP) is 2.06. The molecule has 0 aliphatic rings. The Morgan fingerprint density at radius 3 is 1.85 bits per heavy atom. The molecule has 0 aromatic heterocycles. The number of ether oxygens (including phenoxy) is 1. The first-order valence-corrected chi connectivity index (χ1v) is 5.54. The Labute approximate surface area is 85.0 Å².